The van der Waals surface area contributed by atoms with Crippen molar-refractivity contribution in [2.45, 2.75) is 38.5 Å². The van der Waals surface area contributed by atoms with Gasteiger partial charge in [0.25, 0.3) is 11.8 Å². The third kappa shape index (κ3) is 6.53. The molecule has 7 rings (SSSR count). The van der Waals surface area contributed by atoms with E-state index in [0.29, 0.717) is 40.7 Å². The van der Waals surface area contributed by atoms with Gasteiger partial charge in [0.15, 0.2) is 0 Å². The van der Waals surface area contributed by atoms with Crippen molar-refractivity contribution in [1.29, 1.82) is 0 Å². The lowest BCUT2D eigenvalue weighted by atomic mass is 9.92. The fourth-order valence-corrected chi connectivity index (χ4v) is 7.10. The second-order valence-electron chi connectivity index (χ2n) is 13.2. The minimum atomic E-state index is -2.10. The first-order valence-corrected chi connectivity index (χ1v) is 17.6. The molecule has 10 heteroatoms. The Balaban J connectivity index is 1.37. The van der Waals surface area contributed by atoms with Crippen LogP contribution in [-0.2, 0) is 32.1 Å². The molecule has 10 nitrogen and oxygen atoms in total. The van der Waals surface area contributed by atoms with Gasteiger partial charge in [-0.3, -0.25) is 28.9 Å². The van der Waals surface area contributed by atoms with Crippen LogP contribution in [0.1, 0.15) is 25.1 Å². The first kappa shape index (κ1) is 35.2. The van der Waals surface area contributed by atoms with E-state index in [1.807, 2.05) is 122 Å². The number of methoxy groups -OCH3 is 2. The number of anilines is 4. The van der Waals surface area contributed by atoms with Crippen molar-refractivity contribution in [2.24, 2.45) is 0 Å². The minimum Gasteiger partial charge on any atom is -0.497 e. The predicted molar refractivity (Wildman–Crippen MR) is 207 cm³/mol. The molecule has 3 amide bonds. The van der Waals surface area contributed by atoms with E-state index in [1.54, 1.807) is 42.3 Å². The largest absolute Gasteiger partial charge is 0.497 e. The van der Waals surface area contributed by atoms with Gasteiger partial charge >= 0.3 is 0 Å². The molecule has 2 heterocycles. The molecule has 6 aromatic rings. The second-order valence-corrected chi connectivity index (χ2v) is 13.2. The summed E-state index contributed by atoms with van der Waals surface area (Å²) in [7, 11) is 2.96. The van der Waals surface area contributed by atoms with Crippen molar-refractivity contribution in [3.63, 3.8) is 0 Å². The Morgan fingerprint density at radius 2 is 1.38 bits per heavy atom. The first-order valence-electron chi connectivity index (χ1n) is 17.6. The molecule has 1 aliphatic rings. The van der Waals surface area contributed by atoms with Crippen LogP contribution in [0.5, 0.6) is 5.75 Å². The lowest BCUT2D eigenvalue weighted by Gasteiger charge is -2.34. The monoisotopic (exact) mass is 707 g/mol. The molecule has 1 aromatic heterocycles. The molecule has 0 saturated heterocycles. The third-order valence-electron chi connectivity index (χ3n) is 9.67. The summed E-state index contributed by atoms with van der Waals surface area (Å²) >= 11 is 0. The molecule has 0 N–H and O–H groups in total. The summed E-state index contributed by atoms with van der Waals surface area (Å²) in [5, 5.41) is 5.81. The van der Waals surface area contributed by atoms with Gasteiger partial charge in [-0.15, -0.1) is 0 Å². The van der Waals surface area contributed by atoms with Gasteiger partial charge in [-0.05, 0) is 74.0 Å². The van der Waals surface area contributed by atoms with E-state index in [-0.39, 0.29) is 24.9 Å². The van der Waals surface area contributed by atoms with E-state index in [1.165, 1.54) is 16.9 Å². The van der Waals surface area contributed by atoms with Gasteiger partial charge in [0.2, 0.25) is 11.5 Å². The number of carbonyl (C=O) groups is 3. The zero-order valence-corrected chi connectivity index (χ0v) is 30.2. The quantitative estimate of drug-likeness (QED) is 0.133. The van der Waals surface area contributed by atoms with Crippen LogP contribution in [0.3, 0.4) is 0 Å². The Morgan fingerprint density at radius 1 is 0.755 bits per heavy atom. The first-order chi connectivity index (χ1) is 25.8. The van der Waals surface area contributed by atoms with Crippen LogP contribution in [0.4, 0.5) is 22.7 Å². The number of benzene rings is 5. The van der Waals surface area contributed by atoms with Crippen molar-refractivity contribution in [2.75, 3.05) is 35.5 Å². The highest BCUT2D eigenvalue weighted by Crippen LogP contribution is 2.42. The molecule has 1 unspecified atom stereocenters. The third-order valence-corrected chi connectivity index (χ3v) is 9.67. The Labute approximate surface area is 308 Å². The number of nitrogens with zero attached hydrogens (tertiary/aromatic N) is 5. The Morgan fingerprint density at radius 3 is 2.04 bits per heavy atom. The molecule has 1 atom stereocenters. The summed E-state index contributed by atoms with van der Waals surface area (Å²) in [5.74, 6) is -0.929. The summed E-state index contributed by atoms with van der Waals surface area (Å²) in [6.45, 7) is 3.96. The molecule has 5 aromatic carbocycles. The summed E-state index contributed by atoms with van der Waals surface area (Å²) in [5.41, 5.74) is 2.37. The highest BCUT2D eigenvalue weighted by atomic mass is 16.5. The van der Waals surface area contributed by atoms with E-state index < -0.39 is 17.4 Å². The summed E-state index contributed by atoms with van der Waals surface area (Å²) in [4.78, 5) is 49.7. The van der Waals surface area contributed by atoms with Gasteiger partial charge in [0.05, 0.1) is 36.2 Å². The number of hydrogen-bond donors (Lipinski definition) is 0. The molecule has 0 spiro atoms. The molecule has 0 aliphatic carbocycles. The van der Waals surface area contributed by atoms with Crippen molar-refractivity contribution >= 4 is 51.4 Å². The van der Waals surface area contributed by atoms with Crippen LogP contribution in [-0.4, -0.2) is 59.9 Å². The number of hydrogen-bond acceptors (Lipinski definition) is 6. The van der Waals surface area contributed by atoms with E-state index in [9.17, 15) is 4.79 Å². The maximum atomic E-state index is 15.4. The number of fused-ring (bicyclic) bond motifs is 2. The lowest BCUT2D eigenvalue weighted by molar-refractivity contribution is -0.153. The average Bonchev–Trinajstić information content (AvgIpc) is 3.50. The summed E-state index contributed by atoms with van der Waals surface area (Å²) < 4.78 is 13.4. The minimum absolute atomic E-state index is 0.183. The Kier molecular flexibility index (Phi) is 9.80. The standard InChI is InChI=1S/C43H41N5O5/c1-30(2)47(33-23-25-34(52-3)26-24-33)40(49)29-45-38-21-13-14-22-39(38)48(32-17-9-6-10-18-32)42(51)43(53-4,41(45)50)27-36-35-19-11-12-20-37(35)46(44-36)28-31-15-7-5-8-16-31/h5-26,30H,27-29H2,1-4H3. The van der Waals surface area contributed by atoms with E-state index in [0.717, 1.165) is 16.5 Å². The van der Waals surface area contributed by atoms with Crippen LogP contribution < -0.4 is 19.4 Å². The molecule has 268 valence electrons. The zero-order valence-electron chi connectivity index (χ0n) is 30.2. The number of ether oxygens (including phenoxy) is 2. The fraction of sp³-hybridized carbons (Fsp3) is 0.209. The normalized spacial score (nSPS) is 15.8. The van der Waals surface area contributed by atoms with Crippen LogP contribution in [0.25, 0.3) is 10.9 Å². The smallest absolute Gasteiger partial charge is 0.274 e. The highest BCUT2D eigenvalue weighted by molar-refractivity contribution is 6.26. The molecular weight excluding hydrogens is 667 g/mol. The van der Waals surface area contributed by atoms with Crippen molar-refractivity contribution in [3.05, 3.63) is 145 Å². The van der Waals surface area contributed by atoms with Crippen LogP contribution in [0.2, 0.25) is 0 Å². The number of amides is 3. The van der Waals surface area contributed by atoms with Crippen LogP contribution in [0.15, 0.2) is 133 Å². The molecule has 0 radical (unpaired) electrons. The highest BCUT2D eigenvalue weighted by Gasteiger charge is 2.55. The number of aromatic nitrogens is 2. The number of carbonyl (C=O) groups excluding carboxylic acids is 3. The second kappa shape index (κ2) is 14.8. The van der Waals surface area contributed by atoms with Crippen LogP contribution in [0, 0.1) is 0 Å². The molecule has 0 fully saturated rings. The van der Waals surface area contributed by atoms with Crippen molar-refractivity contribution in [1.82, 2.24) is 9.78 Å². The van der Waals surface area contributed by atoms with Crippen LogP contribution >= 0.6 is 0 Å². The van der Waals surface area contributed by atoms with E-state index in [4.69, 9.17) is 14.6 Å². The molecular formula is C43H41N5O5. The maximum Gasteiger partial charge on any atom is 0.274 e. The fourth-order valence-electron chi connectivity index (χ4n) is 7.10. The van der Waals surface area contributed by atoms with Gasteiger partial charge in [0.1, 0.15) is 12.3 Å². The topological polar surface area (TPSA) is 97.2 Å². The molecule has 0 saturated carbocycles. The van der Waals surface area contributed by atoms with Gasteiger partial charge in [-0.25, -0.2) is 0 Å². The maximum absolute atomic E-state index is 15.4. The summed E-state index contributed by atoms with van der Waals surface area (Å²) in [6, 6.07) is 41.0. The number of rotatable bonds is 11. The van der Waals surface area contributed by atoms with Gasteiger partial charge in [-0.1, -0.05) is 78.9 Å². The zero-order chi connectivity index (χ0) is 37.1. The molecule has 0 bridgehead atoms. The van der Waals surface area contributed by atoms with Gasteiger partial charge in [0, 0.05) is 36.3 Å². The van der Waals surface area contributed by atoms with Gasteiger partial charge < -0.3 is 14.4 Å². The SMILES string of the molecule is COc1ccc(N(C(=O)CN2C(=O)C(Cc3nn(Cc4ccccc4)c4ccccc34)(OC)C(=O)N(c3ccccc3)c3ccccc32)C(C)C)cc1. The van der Waals surface area contributed by atoms with E-state index in [2.05, 4.69) is 0 Å². The summed E-state index contributed by atoms with van der Waals surface area (Å²) in [6.07, 6.45) is -0.183. The molecule has 1 aliphatic heterocycles. The average molecular weight is 708 g/mol. The van der Waals surface area contributed by atoms with Crippen molar-refractivity contribution in [3.8, 4) is 5.75 Å². The lowest BCUT2D eigenvalue weighted by Crippen LogP contribution is -2.60. The number of para-hydroxylation sites is 4. The molecule has 53 heavy (non-hydrogen) atoms. The van der Waals surface area contributed by atoms with Crippen molar-refractivity contribution < 1.29 is 23.9 Å². The Bertz CT molecular complexity index is 2250. The Hall–Kier alpha value is -6.26. The van der Waals surface area contributed by atoms with E-state index >= 15 is 9.59 Å². The van der Waals surface area contributed by atoms with Gasteiger partial charge in [-0.2, -0.15) is 5.10 Å². The predicted octanol–water partition coefficient (Wildman–Crippen LogP) is 7.17.